The van der Waals surface area contributed by atoms with Crippen LogP contribution in [0.4, 0.5) is 0 Å². The molecule has 5 nitrogen and oxygen atoms in total. The second kappa shape index (κ2) is 5.54. The predicted molar refractivity (Wildman–Crippen MR) is 50.7 cm³/mol. The molecule has 5 heteroatoms. The number of aliphatic hydroxyl groups is 2. The Bertz CT molecular complexity index is 263. The van der Waals surface area contributed by atoms with Crippen LogP contribution in [0.5, 0.6) is 5.75 Å². The van der Waals surface area contributed by atoms with Gasteiger partial charge in [0.25, 0.3) is 0 Å². The molecule has 1 rings (SSSR count). The third kappa shape index (κ3) is 3.69. The predicted octanol–water partition coefficient (Wildman–Crippen LogP) is -0.770. The minimum absolute atomic E-state index is 0.129. The second-order valence-electron chi connectivity index (χ2n) is 2.98. The maximum absolute atomic E-state index is 9.01. The van der Waals surface area contributed by atoms with Crippen molar-refractivity contribution in [3.8, 4) is 5.75 Å². The molecule has 1 heterocycles. The maximum atomic E-state index is 9.01. The van der Waals surface area contributed by atoms with Crippen LogP contribution in [0.3, 0.4) is 0 Å². The molecule has 0 spiro atoms. The van der Waals surface area contributed by atoms with E-state index in [9.17, 15) is 0 Å². The molecule has 0 fully saturated rings. The van der Waals surface area contributed by atoms with Gasteiger partial charge in [-0.3, -0.25) is 4.98 Å². The first-order valence-electron chi connectivity index (χ1n) is 4.36. The van der Waals surface area contributed by atoms with Gasteiger partial charge in [0.15, 0.2) is 0 Å². The average Bonchev–Trinajstić information content (AvgIpc) is 2.21. The van der Waals surface area contributed by atoms with Crippen molar-refractivity contribution in [1.82, 2.24) is 10.3 Å². The Morgan fingerprint density at radius 2 is 2.21 bits per heavy atom. The van der Waals surface area contributed by atoms with Crippen molar-refractivity contribution in [2.24, 2.45) is 0 Å². The Hall–Kier alpha value is -1.17. The molecule has 4 N–H and O–H groups in total. The minimum Gasteiger partial charge on any atom is -0.506 e. The van der Waals surface area contributed by atoms with E-state index in [1.54, 1.807) is 12.1 Å². The number of aromatic nitrogens is 1. The van der Waals surface area contributed by atoms with E-state index in [-0.39, 0.29) is 12.4 Å². The minimum atomic E-state index is -0.743. The highest BCUT2D eigenvalue weighted by Crippen LogP contribution is 2.05. The van der Waals surface area contributed by atoms with Crippen molar-refractivity contribution in [2.45, 2.75) is 12.6 Å². The van der Waals surface area contributed by atoms with Gasteiger partial charge in [0, 0.05) is 13.1 Å². The van der Waals surface area contributed by atoms with Gasteiger partial charge in [-0.25, -0.2) is 0 Å². The van der Waals surface area contributed by atoms with Crippen LogP contribution < -0.4 is 5.32 Å². The Kier molecular flexibility index (Phi) is 4.31. The number of aliphatic hydroxyl groups excluding tert-OH is 2. The Morgan fingerprint density at radius 3 is 2.79 bits per heavy atom. The van der Waals surface area contributed by atoms with Crippen molar-refractivity contribution in [3.63, 3.8) is 0 Å². The zero-order valence-corrected chi connectivity index (χ0v) is 7.72. The number of rotatable bonds is 5. The molecule has 0 aliphatic carbocycles. The summed E-state index contributed by atoms with van der Waals surface area (Å²) in [7, 11) is 0. The molecule has 0 bridgehead atoms. The molecule has 0 saturated carbocycles. The van der Waals surface area contributed by atoms with Crippen LogP contribution in [-0.2, 0) is 6.54 Å². The number of hydrogen-bond donors (Lipinski definition) is 4. The van der Waals surface area contributed by atoms with Gasteiger partial charge in [-0.05, 0) is 12.1 Å². The molecule has 1 unspecified atom stereocenters. The summed E-state index contributed by atoms with van der Waals surface area (Å²) in [6.45, 7) is 0.562. The topological polar surface area (TPSA) is 85.6 Å². The van der Waals surface area contributed by atoms with Gasteiger partial charge in [-0.2, -0.15) is 0 Å². The Labute approximate surface area is 82.0 Å². The van der Waals surface area contributed by atoms with Crippen LogP contribution in [0, 0.1) is 0 Å². The Balaban J connectivity index is 2.28. The number of pyridine rings is 1. The smallest absolute Gasteiger partial charge is 0.133 e. The van der Waals surface area contributed by atoms with Crippen LogP contribution in [0.2, 0.25) is 0 Å². The van der Waals surface area contributed by atoms with Crippen LogP contribution >= 0.6 is 0 Å². The molecule has 1 aromatic heterocycles. The number of hydrogen-bond acceptors (Lipinski definition) is 5. The van der Waals surface area contributed by atoms with Gasteiger partial charge in [0.05, 0.1) is 24.6 Å². The largest absolute Gasteiger partial charge is 0.506 e. The lowest BCUT2D eigenvalue weighted by Crippen LogP contribution is -2.29. The van der Waals surface area contributed by atoms with E-state index < -0.39 is 6.10 Å². The van der Waals surface area contributed by atoms with Gasteiger partial charge in [0.1, 0.15) is 5.75 Å². The fraction of sp³-hybridized carbons (Fsp3) is 0.444. The molecule has 14 heavy (non-hydrogen) atoms. The normalized spacial score (nSPS) is 12.7. The molecule has 0 aliphatic heterocycles. The van der Waals surface area contributed by atoms with Crippen molar-refractivity contribution in [3.05, 3.63) is 24.0 Å². The van der Waals surface area contributed by atoms with E-state index in [1.807, 2.05) is 0 Å². The van der Waals surface area contributed by atoms with E-state index >= 15 is 0 Å². The first-order valence-corrected chi connectivity index (χ1v) is 4.36. The monoisotopic (exact) mass is 198 g/mol. The van der Waals surface area contributed by atoms with Crippen LogP contribution in [0.1, 0.15) is 5.69 Å². The van der Waals surface area contributed by atoms with Gasteiger partial charge >= 0.3 is 0 Å². The third-order valence-corrected chi connectivity index (χ3v) is 1.71. The molecule has 78 valence electrons. The van der Waals surface area contributed by atoms with Gasteiger partial charge in [-0.1, -0.05) is 0 Å². The lowest BCUT2D eigenvalue weighted by atomic mass is 10.3. The first-order chi connectivity index (χ1) is 6.72. The average molecular weight is 198 g/mol. The standard InChI is InChI=1S/C9H14N2O3/c12-6-9(14)4-10-3-7-1-2-8(13)5-11-7/h1-2,5,9-10,12-14H,3-4,6H2. The van der Waals surface area contributed by atoms with Crippen LogP contribution in [0.25, 0.3) is 0 Å². The molecule has 0 aromatic carbocycles. The fourth-order valence-electron chi connectivity index (χ4n) is 0.953. The highest BCUT2D eigenvalue weighted by molar-refractivity contribution is 5.17. The highest BCUT2D eigenvalue weighted by Gasteiger charge is 2.00. The SMILES string of the molecule is OCC(O)CNCc1ccc(O)cn1. The summed E-state index contributed by atoms with van der Waals surface area (Å²) >= 11 is 0. The van der Waals surface area contributed by atoms with E-state index in [1.165, 1.54) is 6.20 Å². The molecule has 0 aliphatic rings. The summed E-state index contributed by atoms with van der Waals surface area (Å²) in [5.74, 6) is 0.129. The van der Waals surface area contributed by atoms with Crippen molar-refractivity contribution >= 4 is 0 Å². The van der Waals surface area contributed by atoms with Gasteiger partial charge < -0.3 is 20.6 Å². The van der Waals surface area contributed by atoms with Crippen molar-refractivity contribution < 1.29 is 15.3 Å². The lowest BCUT2D eigenvalue weighted by Gasteiger charge is -2.08. The van der Waals surface area contributed by atoms with Crippen molar-refractivity contribution in [2.75, 3.05) is 13.2 Å². The van der Waals surface area contributed by atoms with E-state index in [2.05, 4.69) is 10.3 Å². The summed E-state index contributed by atoms with van der Waals surface area (Å²) in [6.07, 6.45) is 0.617. The summed E-state index contributed by atoms with van der Waals surface area (Å²) in [4.78, 5) is 3.94. The molecule has 0 amide bonds. The zero-order valence-electron chi connectivity index (χ0n) is 7.72. The zero-order chi connectivity index (χ0) is 10.4. The van der Waals surface area contributed by atoms with Gasteiger partial charge in [0.2, 0.25) is 0 Å². The fourth-order valence-corrected chi connectivity index (χ4v) is 0.953. The highest BCUT2D eigenvalue weighted by atomic mass is 16.3. The van der Waals surface area contributed by atoms with Gasteiger partial charge in [-0.15, -0.1) is 0 Å². The van der Waals surface area contributed by atoms with E-state index in [0.717, 1.165) is 5.69 Å². The van der Waals surface area contributed by atoms with E-state index in [0.29, 0.717) is 13.1 Å². The summed E-state index contributed by atoms with van der Waals surface area (Å²) < 4.78 is 0. The second-order valence-corrected chi connectivity index (χ2v) is 2.98. The summed E-state index contributed by atoms with van der Waals surface area (Å²) in [5.41, 5.74) is 0.771. The molecule has 0 radical (unpaired) electrons. The first kappa shape index (κ1) is 10.9. The number of nitrogens with zero attached hydrogens (tertiary/aromatic N) is 1. The molecule has 1 aromatic rings. The quantitative estimate of drug-likeness (QED) is 0.499. The third-order valence-electron chi connectivity index (χ3n) is 1.71. The number of nitrogens with one attached hydrogen (secondary N) is 1. The van der Waals surface area contributed by atoms with Crippen LogP contribution in [-0.4, -0.2) is 39.6 Å². The summed E-state index contributed by atoms with van der Waals surface area (Å²) in [6, 6.07) is 3.24. The Morgan fingerprint density at radius 1 is 1.43 bits per heavy atom. The maximum Gasteiger partial charge on any atom is 0.133 e. The lowest BCUT2D eigenvalue weighted by molar-refractivity contribution is 0.0941. The number of aromatic hydroxyl groups is 1. The van der Waals surface area contributed by atoms with Crippen molar-refractivity contribution in [1.29, 1.82) is 0 Å². The molecule has 0 saturated heterocycles. The van der Waals surface area contributed by atoms with Crippen LogP contribution in [0.15, 0.2) is 18.3 Å². The summed E-state index contributed by atoms with van der Waals surface area (Å²) in [5, 5.41) is 29.4. The molecular weight excluding hydrogens is 184 g/mol. The van der Waals surface area contributed by atoms with E-state index in [4.69, 9.17) is 15.3 Å². The molecular formula is C9H14N2O3. The molecule has 1 atom stereocenters.